The van der Waals surface area contributed by atoms with Gasteiger partial charge < -0.3 is 10.2 Å². The number of amides is 1. The molecule has 3 aromatic rings. The molecule has 2 heterocycles. The van der Waals surface area contributed by atoms with Crippen LogP contribution in [0.3, 0.4) is 0 Å². The summed E-state index contributed by atoms with van der Waals surface area (Å²) in [7, 11) is 1.78. The number of rotatable bonds is 6. The summed E-state index contributed by atoms with van der Waals surface area (Å²) >= 11 is 5.90. The van der Waals surface area contributed by atoms with Crippen LogP contribution in [0.25, 0.3) is 0 Å². The van der Waals surface area contributed by atoms with Crippen molar-refractivity contribution in [3.05, 3.63) is 83.4 Å². The van der Waals surface area contributed by atoms with Crippen LogP contribution in [0, 0.1) is 0 Å². The van der Waals surface area contributed by atoms with Crippen molar-refractivity contribution in [2.24, 2.45) is 0 Å². The van der Waals surface area contributed by atoms with Crippen LogP contribution in [0.4, 0.5) is 11.4 Å². The minimum atomic E-state index is -0.112. The third-order valence-corrected chi connectivity index (χ3v) is 4.20. The molecule has 0 unspecified atom stereocenters. The number of nitrogens with zero attached hydrogens (tertiary/aromatic N) is 3. The number of aromatic nitrogens is 2. The van der Waals surface area contributed by atoms with Gasteiger partial charge in [0.05, 0.1) is 0 Å². The van der Waals surface area contributed by atoms with Gasteiger partial charge in [0.2, 0.25) is 0 Å². The van der Waals surface area contributed by atoms with Gasteiger partial charge in [0, 0.05) is 48.6 Å². The molecule has 0 saturated carbocycles. The normalized spacial score (nSPS) is 10.4. The number of hydrogen-bond acceptors (Lipinski definition) is 4. The first-order valence-electron chi connectivity index (χ1n) is 8.25. The zero-order valence-corrected chi connectivity index (χ0v) is 15.1. The molecule has 0 saturated heterocycles. The first-order valence-corrected chi connectivity index (χ1v) is 8.62. The van der Waals surface area contributed by atoms with Crippen molar-refractivity contribution < 1.29 is 4.79 Å². The second-order valence-corrected chi connectivity index (χ2v) is 6.33. The third-order valence-electron chi connectivity index (χ3n) is 3.94. The lowest BCUT2D eigenvalue weighted by Crippen LogP contribution is -2.29. The molecule has 26 heavy (non-hydrogen) atoms. The van der Waals surface area contributed by atoms with Gasteiger partial charge in [-0.3, -0.25) is 14.8 Å². The smallest absolute Gasteiger partial charge is 0.272 e. The van der Waals surface area contributed by atoms with Crippen LogP contribution in [0.5, 0.6) is 0 Å². The largest absolute Gasteiger partial charge is 0.355 e. The average Bonchev–Trinajstić information content (AvgIpc) is 2.68. The molecule has 0 bridgehead atoms. The summed E-state index contributed by atoms with van der Waals surface area (Å²) in [6.07, 6.45) is 5.91. The van der Waals surface area contributed by atoms with Crippen LogP contribution in [-0.2, 0) is 6.42 Å². The molecule has 5 nitrogen and oxygen atoms in total. The van der Waals surface area contributed by atoms with E-state index in [1.807, 2.05) is 42.5 Å². The number of carbonyl (C=O) groups excluding carboxylic acids is 1. The Labute approximate surface area is 157 Å². The standard InChI is InChI=1S/C20H19ClN4O/c1-25(13-9-15-6-10-22-11-7-15)20(26)19-14-18(8-12-23-19)24-17-4-2-16(21)3-5-17/h2-8,10-12,14H,9,13H2,1H3,(H,23,24). The summed E-state index contributed by atoms with van der Waals surface area (Å²) in [5.41, 5.74) is 3.24. The van der Waals surface area contributed by atoms with E-state index in [-0.39, 0.29) is 5.91 Å². The lowest BCUT2D eigenvalue weighted by molar-refractivity contribution is 0.0791. The molecule has 0 aliphatic heterocycles. The molecule has 0 fully saturated rings. The first kappa shape index (κ1) is 17.9. The summed E-state index contributed by atoms with van der Waals surface area (Å²) in [5, 5.41) is 3.92. The Balaban J connectivity index is 1.64. The molecule has 0 spiro atoms. The van der Waals surface area contributed by atoms with E-state index in [1.165, 1.54) is 0 Å². The van der Waals surface area contributed by atoms with Crippen LogP contribution in [-0.4, -0.2) is 34.4 Å². The number of pyridine rings is 2. The molecular weight excluding hydrogens is 348 g/mol. The van der Waals surface area contributed by atoms with Gasteiger partial charge in [-0.1, -0.05) is 11.6 Å². The quantitative estimate of drug-likeness (QED) is 0.710. The molecule has 2 aromatic heterocycles. The molecule has 0 radical (unpaired) electrons. The van der Waals surface area contributed by atoms with Crippen molar-refractivity contribution in [2.45, 2.75) is 6.42 Å². The van der Waals surface area contributed by atoms with Crippen molar-refractivity contribution in [1.82, 2.24) is 14.9 Å². The van der Waals surface area contributed by atoms with Crippen molar-refractivity contribution in [2.75, 3.05) is 18.9 Å². The highest BCUT2D eigenvalue weighted by molar-refractivity contribution is 6.30. The Morgan fingerprint density at radius 2 is 1.77 bits per heavy atom. The second kappa shape index (κ2) is 8.45. The Morgan fingerprint density at radius 3 is 2.50 bits per heavy atom. The van der Waals surface area contributed by atoms with Gasteiger partial charge in [-0.2, -0.15) is 0 Å². The Hall–Kier alpha value is -2.92. The average molecular weight is 367 g/mol. The summed E-state index contributed by atoms with van der Waals surface area (Å²) in [6, 6.07) is 14.9. The van der Waals surface area contributed by atoms with E-state index >= 15 is 0 Å². The van der Waals surface area contributed by atoms with Crippen molar-refractivity contribution >= 4 is 28.9 Å². The number of halogens is 1. The van der Waals surface area contributed by atoms with Gasteiger partial charge in [-0.15, -0.1) is 0 Å². The van der Waals surface area contributed by atoms with E-state index < -0.39 is 0 Å². The van der Waals surface area contributed by atoms with Gasteiger partial charge in [-0.25, -0.2) is 0 Å². The predicted octanol–water partition coefficient (Wildman–Crippen LogP) is 4.19. The number of benzene rings is 1. The monoisotopic (exact) mass is 366 g/mol. The Bertz CT molecular complexity index is 868. The Kier molecular flexibility index (Phi) is 5.81. The number of anilines is 2. The molecule has 0 aliphatic carbocycles. The van der Waals surface area contributed by atoms with Crippen LogP contribution >= 0.6 is 11.6 Å². The van der Waals surface area contributed by atoms with E-state index in [0.29, 0.717) is 17.3 Å². The van der Waals surface area contributed by atoms with Crippen LogP contribution in [0.1, 0.15) is 16.1 Å². The van der Waals surface area contributed by atoms with Crippen molar-refractivity contribution in [3.63, 3.8) is 0 Å². The molecule has 1 N–H and O–H groups in total. The van der Waals surface area contributed by atoms with Gasteiger partial charge in [-0.05, 0) is 60.5 Å². The van der Waals surface area contributed by atoms with Crippen molar-refractivity contribution in [1.29, 1.82) is 0 Å². The minimum Gasteiger partial charge on any atom is -0.355 e. The number of nitrogens with one attached hydrogen (secondary N) is 1. The molecule has 132 valence electrons. The fourth-order valence-corrected chi connectivity index (χ4v) is 2.59. The van der Waals surface area contributed by atoms with Gasteiger partial charge >= 0.3 is 0 Å². The molecule has 3 rings (SSSR count). The van der Waals surface area contributed by atoms with E-state index in [0.717, 1.165) is 23.4 Å². The molecule has 1 amide bonds. The number of hydrogen-bond donors (Lipinski definition) is 1. The van der Waals surface area contributed by atoms with Gasteiger partial charge in [0.25, 0.3) is 5.91 Å². The summed E-state index contributed by atoms with van der Waals surface area (Å²) in [5.74, 6) is -0.112. The summed E-state index contributed by atoms with van der Waals surface area (Å²) in [4.78, 5) is 22.5. The highest BCUT2D eigenvalue weighted by atomic mass is 35.5. The fraction of sp³-hybridized carbons (Fsp3) is 0.150. The fourth-order valence-electron chi connectivity index (χ4n) is 2.47. The summed E-state index contributed by atoms with van der Waals surface area (Å²) in [6.45, 7) is 0.610. The zero-order valence-electron chi connectivity index (χ0n) is 14.4. The maximum atomic E-state index is 12.6. The number of likely N-dealkylation sites (N-methyl/N-ethyl adjacent to an activating group) is 1. The Morgan fingerprint density at radius 1 is 1.04 bits per heavy atom. The van der Waals surface area contributed by atoms with Gasteiger partial charge in [0.15, 0.2) is 0 Å². The highest BCUT2D eigenvalue weighted by Gasteiger charge is 2.13. The topological polar surface area (TPSA) is 58.1 Å². The van der Waals surface area contributed by atoms with Crippen LogP contribution < -0.4 is 5.32 Å². The molecule has 1 aromatic carbocycles. The lowest BCUT2D eigenvalue weighted by atomic mass is 10.2. The molecule has 0 atom stereocenters. The lowest BCUT2D eigenvalue weighted by Gasteiger charge is -2.17. The minimum absolute atomic E-state index is 0.112. The third kappa shape index (κ3) is 4.80. The van der Waals surface area contributed by atoms with E-state index in [4.69, 9.17) is 11.6 Å². The predicted molar refractivity (Wildman–Crippen MR) is 104 cm³/mol. The van der Waals surface area contributed by atoms with E-state index in [1.54, 1.807) is 36.6 Å². The molecule has 6 heteroatoms. The zero-order chi connectivity index (χ0) is 18.4. The van der Waals surface area contributed by atoms with Crippen LogP contribution in [0.2, 0.25) is 5.02 Å². The van der Waals surface area contributed by atoms with E-state index in [9.17, 15) is 4.79 Å². The highest BCUT2D eigenvalue weighted by Crippen LogP contribution is 2.19. The van der Waals surface area contributed by atoms with Gasteiger partial charge in [0.1, 0.15) is 5.69 Å². The molecule has 0 aliphatic rings. The maximum Gasteiger partial charge on any atom is 0.272 e. The summed E-state index contributed by atoms with van der Waals surface area (Å²) < 4.78 is 0. The first-order chi connectivity index (χ1) is 12.6. The van der Waals surface area contributed by atoms with Crippen LogP contribution in [0.15, 0.2) is 67.1 Å². The second-order valence-electron chi connectivity index (χ2n) is 5.89. The SMILES string of the molecule is CN(CCc1ccncc1)C(=O)c1cc(Nc2ccc(Cl)cc2)ccn1. The molecular formula is C20H19ClN4O. The number of carbonyl (C=O) groups is 1. The van der Waals surface area contributed by atoms with E-state index in [2.05, 4.69) is 15.3 Å². The van der Waals surface area contributed by atoms with Crippen molar-refractivity contribution in [3.8, 4) is 0 Å². The maximum absolute atomic E-state index is 12.6.